The zero-order valence-electron chi connectivity index (χ0n) is 10.2. The molecule has 1 aromatic carbocycles. The monoisotopic (exact) mass is 258 g/mol. The number of nitrogen functional groups attached to an aromatic ring is 1. The molecule has 0 atom stereocenters. The summed E-state index contributed by atoms with van der Waals surface area (Å²) in [5, 5.41) is 4.21. The molecule has 0 amide bonds. The molecule has 6 heteroatoms. The standard InChI is InChI=1S/C13H11FN4O/c1-19-10-4-2-3-8(5-10)12-16-13-11(15)6-9(14)7-18(13)17-12/h2-7H,15H2,1H3. The van der Waals surface area contributed by atoms with Crippen LogP contribution < -0.4 is 10.5 Å². The number of hydrogen-bond acceptors (Lipinski definition) is 4. The third-order valence-electron chi connectivity index (χ3n) is 2.76. The lowest BCUT2D eigenvalue weighted by Gasteiger charge is -2.00. The Kier molecular flexibility index (Phi) is 2.56. The largest absolute Gasteiger partial charge is 0.497 e. The van der Waals surface area contributed by atoms with Crippen molar-refractivity contribution < 1.29 is 9.13 Å². The second kappa shape index (κ2) is 4.24. The van der Waals surface area contributed by atoms with E-state index in [0.29, 0.717) is 17.2 Å². The molecule has 5 nitrogen and oxygen atoms in total. The lowest BCUT2D eigenvalue weighted by atomic mass is 10.2. The molecule has 0 spiro atoms. The van der Waals surface area contributed by atoms with Crippen molar-refractivity contribution in [1.82, 2.24) is 14.6 Å². The van der Waals surface area contributed by atoms with Crippen molar-refractivity contribution in [2.24, 2.45) is 0 Å². The van der Waals surface area contributed by atoms with Crippen LogP contribution in [0, 0.1) is 5.82 Å². The minimum Gasteiger partial charge on any atom is -0.497 e. The fourth-order valence-corrected chi connectivity index (χ4v) is 1.86. The van der Waals surface area contributed by atoms with Gasteiger partial charge in [0.1, 0.15) is 11.6 Å². The van der Waals surface area contributed by atoms with Crippen molar-refractivity contribution in [2.45, 2.75) is 0 Å². The molecule has 0 bridgehead atoms. The fourth-order valence-electron chi connectivity index (χ4n) is 1.86. The summed E-state index contributed by atoms with van der Waals surface area (Å²) in [6, 6.07) is 8.54. The van der Waals surface area contributed by atoms with Crippen LogP contribution in [0.4, 0.5) is 10.1 Å². The molecule has 0 aliphatic rings. The summed E-state index contributed by atoms with van der Waals surface area (Å²) in [7, 11) is 1.59. The van der Waals surface area contributed by atoms with Crippen LogP contribution >= 0.6 is 0 Å². The van der Waals surface area contributed by atoms with E-state index in [0.717, 1.165) is 5.56 Å². The van der Waals surface area contributed by atoms with Gasteiger partial charge in [-0.1, -0.05) is 12.1 Å². The number of ether oxygens (including phenoxy) is 1. The predicted molar refractivity (Wildman–Crippen MR) is 69.3 cm³/mol. The molecule has 0 radical (unpaired) electrons. The van der Waals surface area contributed by atoms with E-state index in [4.69, 9.17) is 10.5 Å². The van der Waals surface area contributed by atoms with Crippen molar-refractivity contribution >= 4 is 11.3 Å². The van der Waals surface area contributed by atoms with Crippen LogP contribution in [0.15, 0.2) is 36.5 Å². The van der Waals surface area contributed by atoms with Crippen molar-refractivity contribution in [3.05, 3.63) is 42.3 Å². The van der Waals surface area contributed by atoms with E-state index in [1.165, 1.54) is 16.8 Å². The number of methoxy groups -OCH3 is 1. The van der Waals surface area contributed by atoms with Gasteiger partial charge in [0, 0.05) is 11.6 Å². The van der Waals surface area contributed by atoms with Gasteiger partial charge >= 0.3 is 0 Å². The summed E-state index contributed by atoms with van der Waals surface area (Å²) in [6.45, 7) is 0. The van der Waals surface area contributed by atoms with Gasteiger partial charge in [0.25, 0.3) is 0 Å². The highest BCUT2D eigenvalue weighted by Gasteiger charge is 2.10. The molecule has 3 aromatic rings. The highest BCUT2D eigenvalue weighted by Crippen LogP contribution is 2.23. The Hall–Kier alpha value is -2.63. The molecule has 2 heterocycles. The van der Waals surface area contributed by atoms with E-state index in [-0.39, 0.29) is 5.69 Å². The van der Waals surface area contributed by atoms with Crippen molar-refractivity contribution in [3.8, 4) is 17.1 Å². The minimum atomic E-state index is -0.452. The number of rotatable bonds is 2. The Labute approximate surface area is 108 Å². The molecule has 96 valence electrons. The zero-order chi connectivity index (χ0) is 13.4. The van der Waals surface area contributed by atoms with Crippen LogP contribution in [-0.2, 0) is 0 Å². The van der Waals surface area contributed by atoms with Gasteiger partial charge in [-0.3, -0.25) is 0 Å². The van der Waals surface area contributed by atoms with Gasteiger partial charge in [-0.15, -0.1) is 5.10 Å². The molecule has 0 saturated carbocycles. The summed E-state index contributed by atoms with van der Waals surface area (Å²) in [5.74, 6) is 0.721. The molecule has 2 aromatic heterocycles. The second-order valence-electron chi connectivity index (χ2n) is 4.05. The van der Waals surface area contributed by atoms with Crippen molar-refractivity contribution in [1.29, 1.82) is 0 Å². The summed E-state index contributed by atoms with van der Waals surface area (Å²) in [6.07, 6.45) is 1.24. The number of anilines is 1. The van der Waals surface area contributed by atoms with Gasteiger partial charge in [-0.2, -0.15) is 0 Å². The van der Waals surface area contributed by atoms with Crippen LogP contribution in [0.2, 0.25) is 0 Å². The maximum Gasteiger partial charge on any atom is 0.182 e. The number of nitrogens with two attached hydrogens (primary N) is 1. The Morgan fingerprint density at radius 2 is 2.16 bits per heavy atom. The van der Waals surface area contributed by atoms with Gasteiger partial charge in [0.05, 0.1) is 19.0 Å². The number of benzene rings is 1. The van der Waals surface area contributed by atoms with E-state index in [9.17, 15) is 4.39 Å². The summed E-state index contributed by atoms with van der Waals surface area (Å²) >= 11 is 0. The molecule has 0 aliphatic heterocycles. The van der Waals surface area contributed by atoms with Gasteiger partial charge in [-0.25, -0.2) is 13.9 Å². The molecule has 0 aliphatic carbocycles. The number of aromatic nitrogens is 3. The van der Waals surface area contributed by atoms with Crippen LogP contribution in [-0.4, -0.2) is 21.7 Å². The molecule has 19 heavy (non-hydrogen) atoms. The van der Waals surface area contributed by atoms with Crippen molar-refractivity contribution in [2.75, 3.05) is 12.8 Å². The normalized spacial score (nSPS) is 10.8. The van der Waals surface area contributed by atoms with E-state index in [1.807, 2.05) is 18.2 Å². The average Bonchev–Trinajstić information content (AvgIpc) is 2.83. The number of halogens is 1. The quantitative estimate of drug-likeness (QED) is 0.764. The fraction of sp³-hybridized carbons (Fsp3) is 0.0769. The SMILES string of the molecule is COc1cccc(-c2nc3c(N)cc(F)cn3n2)c1. The van der Waals surface area contributed by atoms with Crippen LogP contribution in [0.3, 0.4) is 0 Å². The first kappa shape index (κ1) is 11.5. The summed E-state index contributed by atoms with van der Waals surface area (Å²) < 4.78 is 19.7. The molecule has 0 fully saturated rings. The van der Waals surface area contributed by atoms with Gasteiger partial charge in [0.2, 0.25) is 0 Å². The van der Waals surface area contributed by atoms with Crippen LogP contribution in [0.25, 0.3) is 17.0 Å². The van der Waals surface area contributed by atoms with E-state index >= 15 is 0 Å². The Balaban J connectivity index is 2.17. The third-order valence-corrected chi connectivity index (χ3v) is 2.76. The molecule has 0 unspecified atom stereocenters. The smallest absolute Gasteiger partial charge is 0.182 e. The first-order valence-corrected chi connectivity index (χ1v) is 5.63. The Morgan fingerprint density at radius 1 is 1.32 bits per heavy atom. The maximum absolute atomic E-state index is 13.2. The van der Waals surface area contributed by atoms with Crippen LogP contribution in [0.5, 0.6) is 5.75 Å². The number of hydrogen-bond donors (Lipinski definition) is 1. The molecular formula is C13H11FN4O. The number of fused-ring (bicyclic) bond motifs is 1. The lowest BCUT2D eigenvalue weighted by Crippen LogP contribution is -1.95. The first-order chi connectivity index (χ1) is 9.17. The third kappa shape index (κ3) is 1.97. The van der Waals surface area contributed by atoms with E-state index < -0.39 is 5.82 Å². The highest BCUT2D eigenvalue weighted by molar-refractivity contribution is 5.68. The first-order valence-electron chi connectivity index (χ1n) is 5.63. The maximum atomic E-state index is 13.2. The van der Waals surface area contributed by atoms with Crippen LogP contribution in [0.1, 0.15) is 0 Å². The molecule has 3 rings (SSSR count). The van der Waals surface area contributed by atoms with E-state index in [1.54, 1.807) is 13.2 Å². The molecule has 0 saturated heterocycles. The Morgan fingerprint density at radius 3 is 2.95 bits per heavy atom. The predicted octanol–water partition coefficient (Wildman–Crippen LogP) is 2.13. The zero-order valence-corrected chi connectivity index (χ0v) is 10.2. The van der Waals surface area contributed by atoms with Gasteiger partial charge < -0.3 is 10.5 Å². The molecular weight excluding hydrogens is 247 g/mol. The topological polar surface area (TPSA) is 65.4 Å². The van der Waals surface area contributed by atoms with Crippen molar-refractivity contribution in [3.63, 3.8) is 0 Å². The lowest BCUT2D eigenvalue weighted by molar-refractivity contribution is 0.415. The highest BCUT2D eigenvalue weighted by atomic mass is 19.1. The second-order valence-corrected chi connectivity index (χ2v) is 4.05. The Bertz CT molecular complexity index is 753. The van der Waals surface area contributed by atoms with Gasteiger partial charge in [-0.05, 0) is 12.1 Å². The molecule has 2 N–H and O–H groups in total. The average molecular weight is 258 g/mol. The van der Waals surface area contributed by atoms with Gasteiger partial charge in [0.15, 0.2) is 11.5 Å². The number of pyridine rings is 1. The summed E-state index contributed by atoms with van der Waals surface area (Å²) in [5.41, 5.74) is 7.18. The van der Waals surface area contributed by atoms with E-state index in [2.05, 4.69) is 10.1 Å². The summed E-state index contributed by atoms with van der Waals surface area (Å²) in [4.78, 5) is 4.30. The number of nitrogens with zero attached hydrogens (tertiary/aromatic N) is 3. The minimum absolute atomic E-state index is 0.252.